The molecule has 17 heavy (non-hydrogen) atoms. The third kappa shape index (κ3) is 1.84. The van der Waals surface area contributed by atoms with Crippen LogP contribution in [0.25, 0.3) is 5.52 Å². The highest BCUT2D eigenvalue weighted by Crippen LogP contribution is 2.33. The van der Waals surface area contributed by atoms with Gasteiger partial charge in [-0.05, 0) is 31.5 Å². The van der Waals surface area contributed by atoms with Gasteiger partial charge in [0, 0.05) is 18.7 Å². The molecule has 0 atom stereocenters. The minimum atomic E-state index is 0.669. The van der Waals surface area contributed by atoms with Gasteiger partial charge >= 0.3 is 0 Å². The van der Waals surface area contributed by atoms with Crippen LogP contribution in [-0.2, 0) is 6.54 Å². The van der Waals surface area contributed by atoms with Crippen LogP contribution in [0, 0.1) is 0 Å². The van der Waals surface area contributed by atoms with Crippen LogP contribution in [0.1, 0.15) is 43.0 Å². The summed E-state index contributed by atoms with van der Waals surface area (Å²) in [5, 5.41) is 3.21. The Hall–Kier alpha value is -1.35. The van der Waals surface area contributed by atoms with E-state index in [0.29, 0.717) is 5.92 Å². The fourth-order valence-electron chi connectivity index (χ4n) is 2.93. The summed E-state index contributed by atoms with van der Waals surface area (Å²) in [6.45, 7) is 0.903. The molecule has 90 valence electrons. The molecule has 0 bridgehead atoms. The Morgan fingerprint density at radius 1 is 1.41 bits per heavy atom. The first-order valence-corrected chi connectivity index (χ1v) is 6.49. The van der Waals surface area contributed by atoms with Crippen LogP contribution in [0.5, 0.6) is 0 Å². The minimum absolute atomic E-state index is 0.669. The monoisotopic (exact) mass is 229 g/mol. The summed E-state index contributed by atoms with van der Waals surface area (Å²) in [5.41, 5.74) is 2.58. The summed E-state index contributed by atoms with van der Waals surface area (Å²) >= 11 is 0. The van der Waals surface area contributed by atoms with Crippen molar-refractivity contribution in [3.63, 3.8) is 0 Å². The summed E-state index contributed by atoms with van der Waals surface area (Å²) in [6, 6.07) is 4.30. The molecule has 3 heteroatoms. The predicted octanol–water partition coefficient (Wildman–Crippen LogP) is 2.71. The molecule has 0 amide bonds. The third-order valence-electron chi connectivity index (χ3n) is 3.77. The van der Waals surface area contributed by atoms with E-state index < -0.39 is 0 Å². The van der Waals surface area contributed by atoms with E-state index >= 15 is 0 Å². The quantitative estimate of drug-likeness (QED) is 0.877. The molecular formula is C14H19N3. The third-order valence-corrected chi connectivity index (χ3v) is 3.77. The molecule has 3 nitrogen and oxygen atoms in total. The van der Waals surface area contributed by atoms with Crippen LogP contribution in [0.3, 0.4) is 0 Å². The standard InChI is InChI=1S/C14H19N3/c1-15-9-12-7-4-8-17-13(12)10-16-14(17)11-5-2-3-6-11/h4,7-8,10-11,15H,2-3,5-6,9H2,1H3. The number of imidazole rings is 1. The summed E-state index contributed by atoms with van der Waals surface area (Å²) in [4.78, 5) is 4.66. The summed E-state index contributed by atoms with van der Waals surface area (Å²) in [5.74, 6) is 1.93. The summed E-state index contributed by atoms with van der Waals surface area (Å²) < 4.78 is 2.28. The summed E-state index contributed by atoms with van der Waals surface area (Å²) in [6.07, 6.45) is 9.49. The Balaban J connectivity index is 2.06. The van der Waals surface area contributed by atoms with Gasteiger partial charge in [0.1, 0.15) is 5.82 Å². The number of rotatable bonds is 3. The molecule has 1 aliphatic rings. The number of fused-ring (bicyclic) bond motifs is 1. The lowest BCUT2D eigenvalue weighted by Gasteiger charge is -2.09. The highest BCUT2D eigenvalue weighted by atomic mass is 15.0. The Morgan fingerprint density at radius 3 is 3.00 bits per heavy atom. The molecule has 2 aromatic rings. The molecule has 2 heterocycles. The van der Waals surface area contributed by atoms with Gasteiger partial charge in [-0.3, -0.25) is 0 Å². The van der Waals surface area contributed by atoms with Gasteiger partial charge in [-0.25, -0.2) is 4.98 Å². The minimum Gasteiger partial charge on any atom is -0.316 e. The van der Waals surface area contributed by atoms with Crippen molar-refractivity contribution in [2.24, 2.45) is 0 Å². The van der Waals surface area contributed by atoms with Crippen LogP contribution >= 0.6 is 0 Å². The average molecular weight is 229 g/mol. The van der Waals surface area contributed by atoms with Gasteiger partial charge in [0.15, 0.2) is 0 Å². The topological polar surface area (TPSA) is 29.3 Å². The Kier molecular flexibility index (Phi) is 2.85. The molecule has 0 aromatic carbocycles. The van der Waals surface area contributed by atoms with E-state index in [4.69, 9.17) is 0 Å². The maximum Gasteiger partial charge on any atom is 0.116 e. The first kappa shape index (κ1) is 10.8. The highest BCUT2D eigenvalue weighted by Gasteiger charge is 2.21. The van der Waals surface area contributed by atoms with Crippen LogP contribution in [-0.4, -0.2) is 16.4 Å². The van der Waals surface area contributed by atoms with E-state index in [9.17, 15) is 0 Å². The van der Waals surface area contributed by atoms with Crippen molar-refractivity contribution in [2.45, 2.75) is 38.1 Å². The lowest BCUT2D eigenvalue weighted by molar-refractivity contribution is 0.664. The molecule has 0 aliphatic heterocycles. The molecular weight excluding hydrogens is 210 g/mol. The van der Waals surface area contributed by atoms with Crippen molar-refractivity contribution >= 4 is 5.52 Å². The van der Waals surface area contributed by atoms with Crippen LogP contribution < -0.4 is 5.32 Å². The maximum atomic E-state index is 4.66. The van der Waals surface area contributed by atoms with Crippen molar-refractivity contribution in [2.75, 3.05) is 7.05 Å². The van der Waals surface area contributed by atoms with Crippen molar-refractivity contribution < 1.29 is 0 Å². The molecule has 1 N–H and O–H groups in total. The van der Waals surface area contributed by atoms with Gasteiger partial charge in [0.05, 0.1) is 11.7 Å². The first-order chi connectivity index (χ1) is 8.40. The Morgan fingerprint density at radius 2 is 2.24 bits per heavy atom. The number of nitrogens with zero attached hydrogens (tertiary/aromatic N) is 2. The summed E-state index contributed by atoms with van der Waals surface area (Å²) in [7, 11) is 1.98. The molecule has 0 spiro atoms. The largest absolute Gasteiger partial charge is 0.316 e. The van der Waals surface area contributed by atoms with E-state index in [1.54, 1.807) is 0 Å². The number of pyridine rings is 1. The van der Waals surface area contributed by atoms with Gasteiger partial charge in [-0.2, -0.15) is 0 Å². The normalized spacial score (nSPS) is 17.0. The van der Waals surface area contributed by atoms with E-state index in [2.05, 4.69) is 33.0 Å². The second-order valence-electron chi connectivity index (χ2n) is 4.92. The lowest BCUT2D eigenvalue weighted by atomic mass is 10.1. The second kappa shape index (κ2) is 4.49. The zero-order chi connectivity index (χ0) is 11.7. The predicted molar refractivity (Wildman–Crippen MR) is 69.2 cm³/mol. The zero-order valence-corrected chi connectivity index (χ0v) is 10.3. The van der Waals surface area contributed by atoms with E-state index in [1.165, 1.54) is 42.6 Å². The first-order valence-electron chi connectivity index (χ1n) is 6.49. The molecule has 3 rings (SSSR count). The molecule has 0 saturated heterocycles. The van der Waals surface area contributed by atoms with Crippen molar-refractivity contribution in [1.82, 2.24) is 14.7 Å². The molecule has 1 saturated carbocycles. The smallest absolute Gasteiger partial charge is 0.116 e. The van der Waals surface area contributed by atoms with Gasteiger partial charge in [0.25, 0.3) is 0 Å². The van der Waals surface area contributed by atoms with Gasteiger partial charge in [0.2, 0.25) is 0 Å². The highest BCUT2D eigenvalue weighted by molar-refractivity contribution is 5.54. The number of hydrogen-bond donors (Lipinski definition) is 1. The molecule has 1 fully saturated rings. The van der Waals surface area contributed by atoms with Crippen molar-refractivity contribution in [3.8, 4) is 0 Å². The Labute approximate surface area is 102 Å². The SMILES string of the molecule is CNCc1cccn2c(C3CCCC3)ncc12. The van der Waals surface area contributed by atoms with Crippen molar-refractivity contribution in [1.29, 1.82) is 0 Å². The van der Waals surface area contributed by atoms with E-state index in [-0.39, 0.29) is 0 Å². The number of hydrogen-bond acceptors (Lipinski definition) is 2. The molecule has 0 radical (unpaired) electrons. The maximum absolute atomic E-state index is 4.66. The Bertz CT molecular complexity index is 509. The number of aromatic nitrogens is 2. The van der Waals surface area contributed by atoms with Crippen LogP contribution in [0.2, 0.25) is 0 Å². The fraction of sp³-hybridized carbons (Fsp3) is 0.500. The van der Waals surface area contributed by atoms with Crippen LogP contribution in [0.4, 0.5) is 0 Å². The van der Waals surface area contributed by atoms with Gasteiger partial charge < -0.3 is 9.72 Å². The van der Waals surface area contributed by atoms with Crippen molar-refractivity contribution in [3.05, 3.63) is 35.9 Å². The van der Waals surface area contributed by atoms with Gasteiger partial charge in [-0.1, -0.05) is 18.9 Å². The molecule has 0 unspecified atom stereocenters. The molecule has 1 aliphatic carbocycles. The number of nitrogens with one attached hydrogen (secondary N) is 1. The van der Waals surface area contributed by atoms with Gasteiger partial charge in [-0.15, -0.1) is 0 Å². The average Bonchev–Trinajstić information content (AvgIpc) is 2.97. The lowest BCUT2D eigenvalue weighted by Crippen LogP contribution is -2.07. The van der Waals surface area contributed by atoms with E-state index in [1.807, 2.05) is 13.2 Å². The van der Waals surface area contributed by atoms with E-state index in [0.717, 1.165) is 6.54 Å². The van der Waals surface area contributed by atoms with Crippen LogP contribution in [0.15, 0.2) is 24.5 Å². The molecule has 2 aromatic heterocycles. The second-order valence-corrected chi connectivity index (χ2v) is 4.92. The fourth-order valence-corrected chi connectivity index (χ4v) is 2.93. The zero-order valence-electron chi connectivity index (χ0n) is 10.3.